The molecule has 5 nitrogen and oxygen atoms in total. The highest BCUT2D eigenvalue weighted by atomic mass is 32.2. The second-order valence-corrected chi connectivity index (χ2v) is 7.05. The molecule has 1 aliphatic rings. The zero-order valence-corrected chi connectivity index (χ0v) is 13.0. The average molecular weight is 329 g/mol. The molecule has 0 amide bonds. The molecule has 118 valence electrons. The summed E-state index contributed by atoms with van der Waals surface area (Å²) in [7, 11) is -4.14. The van der Waals surface area contributed by atoms with Gasteiger partial charge in [-0.3, -0.25) is 4.55 Å². The molecule has 23 heavy (non-hydrogen) atoms. The van der Waals surface area contributed by atoms with E-state index in [1.54, 1.807) is 0 Å². The van der Waals surface area contributed by atoms with Gasteiger partial charge in [0.1, 0.15) is 6.10 Å². The van der Waals surface area contributed by atoms with Gasteiger partial charge in [-0.15, -0.1) is 0 Å². The van der Waals surface area contributed by atoms with Crippen molar-refractivity contribution in [2.75, 3.05) is 17.8 Å². The summed E-state index contributed by atoms with van der Waals surface area (Å²) in [4.78, 5) is 0. The molecule has 2 N–H and O–H groups in total. The van der Waals surface area contributed by atoms with Gasteiger partial charge in [0.05, 0.1) is 0 Å². The van der Waals surface area contributed by atoms with E-state index in [9.17, 15) is 8.42 Å². The van der Waals surface area contributed by atoms with Crippen molar-refractivity contribution in [2.24, 2.45) is 0 Å². The molecule has 3 aromatic carbocycles. The van der Waals surface area contributed by atoms with Gasteiger partial charge < -0.3 is 10.1 Å². The number of rotatable bonds is 3. The standard InChI is InChI=1S/C17H15NO4S/c19-23(20,21)10-22-16-9-18-17-14-6-5-11-3-1-2-4-12(11)13(14)7-8-15(16)17/h1-8,16,18H,9-10H2,(H,19,20,21). The fourth-order valence-corrected chi connectivity index (χ4v) is 3.53. The van der Waals surface area contributed by atoms with Crippen LogP contribution in [0.3, 0.4) is 0 Å². The molecule has 1 heterocycles. The van der Waals surface area contributed by atoms with Gasteiger partial charge in [0.15, 0.2) is 5.94 Å². The van der Waals surface area contributed by atoms with Crippen molar-refractivity contribution in [3.63, 3.8) is 0 Å². The monoisotopic (exact) mass is 329 g/mol. The first-order valence-corrected chi connectivity index (χ1v) is 8.89. The molecule has 0 spiro atoms. The lowest BCUT2D eigenvalue weighted by Crippen LogP contribution is -2.13. The molecule has 1 atom stereocenters. The maximum absolute atomic E-state index is 10.9. The minimum atomic E-state index is -4.14. The summed E-state index contributed by atoms with van der Waals surface area (Å²) in [5.74, 6) is -0.700. The summed E-state index contributed by atoms with van der Waals surface area (Å²) >= 11 is 0. The average Bonchev–Trinajstić information content (AvgIpc) is 2.95. The smallest absolute Gasteiger partial charge is 0.289 e. The van der Waals surface area contributed by atoms with E-state index in [2.05, 4.69) is 29.6 Å². The molecule has 0 aliphatic carbocycles. The number of nitrogens with one attached hydrogen (secondary N) is 1. The number of fused-ring (bicyclic) bond motifs is 5. The molecule has 0 radical (unpaired) electrons. The highest BCUT2D eigenvalue weighted by Gasteiger charge is 2.26. The molecular weight excluding hydrogens is 314 g/mol. The normalized spacial score (nSPS) is 17.3. The number of ether oxygens (including phenoxy) is 1. The summed E-state index contributed by atoms with van der Waals surface area (Å²) in [5, 5.41) is 7.87. The quantitative estimate of drug-likeness (QED) is 0.569. The van der Waals surface area contributed by atoms with Crippen LogP contribution in [0.25, 0.3) is 21.5 Å². The Kier molecular flexibility index (Phi) is 3.26. The van der Waals surface area contributed by atoms with Crippen molar-refractivity contribution in [2.45, 2.75) is 6.10 Å². The molecule has 4 rings (SSSR count). The number of benzene rings is 3. The number of hydrogen-bond donors (Lipinski definition) is 2. The van der Waals surface area contributed by atoms with Crippen LogP contribution < -0.4 is 5.32 Å². The Morgan fingerprint density at radius 1 is 1.04 bits per heavy atom. The van der Waals surface area contributed by atoms with Crippen LogP contribution in [-0.4, -0.2) is 25.5 Å². The molecule has 0 bridgehead atoms. The van der Waals surface area contributed by atoms with Crippen molar-refractivity contribution in [3.8, 4) is 0 Å². The van der Waals surface area contributed by atoms with Crippen molar-refractivity contribution in [1.82, 2.24) is 0 Å². The maximum atomic E-state index is 10.9. The van der Waals surface area contributed by atoms with E-state index in [-0.39, 0.29) is 6.10 Å². The van der Waals surface area contributed by atoms with Crippen molar-refractivity contribution in [1.29, 1.82) is 0 Å². The van der Waals surface area contributed by atoms with Crippen LogP contribution in [-0.2, 0) is 14.9 Å². The third kappa shape index (κ3) is 2.55. The van der Waals surface area contributed by atoms with Gasteiger partial charge in [-0.25, -0.2) is 0 Å². The molecule has 0 fully saturated rings. The predicted molar refractivity (Wildman–Crippen MR) is 90.2 cm³/mol. The first kappa shape index (κ1) is 14.4. The highest BCUT2D eigenvalue weighted by molar-refractivity contribution is 7.85. The van der Waals surface area contributed by atoms with E-state index >= 15 is 0 Å². The van der Waals surface area contributed by atoms with Gasteiger partial charge in [-0.2, -0.15) is 8.42 Å². The van der Waals surface area contributed by atoms with E-state index < -0.39 is 16.1 Å². The molecular formula is C17H15NO4S. The molecule has 1 unspecified atom stereocenters. The number of anilines is 1. The summed E-state index contributed by atoms with van der Waals surface area (Å²) in [6, 6.07) is 16.3. The Hall–Kier alpha value is -2.15. The number of hydrogen-bond acceptors (Lipinski definition) is 4. The summed E-state index contributed by atoms with van der Waals surface area (Å²) in [6.07, 6.45) is -0.386. The fourth-order valence-electron chi connectivity index (χ4n) is 3.19. The lowest BCUT2D eigenvalue weighted by molar-refractivity contribution is 0.0978. The Morgan fingerprint density at radius 2 is 1.83 bits per heavy atom. The fraction of sp³-hybridized carbons (Fsp3) is 0.176. The van der Waals surface area contributed by atoms with Gasteiger partial charge in [-0.1, -0.05) is 48.5 Å². The van der Waals surface area contributed by atoms with E-state index in [4.69, 9.17) is 9.29 Å². The molecule has 0 saturated carbocycles. The van der Waals surface area contributed by atoms with Crippen molar-refractivity contribution in [3.05, 3.63) is 54.1 Å². The minimum absolute atomic E-state index is 0.386. The van der Waals surface area contributed by atoms with Crippen molar-refractivity contribution >= 4 is 37.4 Å². The molecule has 0 saturated heterocycles. The summed E-state index contributed by atoms with van der Waals surface area (Å²) in [6.45, 7) is 0.483. The summed E-state index contributed by atoms with van der Waals surface area (Å²) in [5.41, 5.74) is 1.88. The first-order valence-electron chi connectivity index (χ1n) is 7.28. The Balaban J connectivity index is 1.81. The molecule has 3 aromatic rings. The van der Waals surface area contributed by atoms with Crippen LogP contribution >= 0.6 is 0 Å². The largest absolute Gasteiger partial charge is 0.381 e. The van der Waals surface area contributed by atoms with E-state index in [0.717, 1.165) is 22.0 Å². The van der Waals surface area contributed by atoms with Crippen molar-refractivity contribution < 1.29 is 17.7 Å². The van der Waals surface area contributed by atoms with Crippen LogP contribution in [0, 0.1) is 0 Å². The second kappa shape index (κ2) is 5.19. The zero-order valence-electron chi connectivity index (χ0n) is 12.2. The van der Waals surface area contributed by atoms with E-state index in [1.165, 1.54) is 10.8 Å². The second-order valence-electron chi connectivity index (χ2n) is 5.65. The topological polar surface area (TPSA) is 75.6 Å². The van der Waals surface area contributed by atoms with Crippen LogP contribution in [0.15, 0.2) is 48.5 Å². The van der Waals surface area contributed by atoms with E-state index in [0.29, 0.717) is 6.54 Å². The lowest BCUT2D eigenvalue weighted by Gasteiger charge is -2.12. The van der Waals surface area contributed by atoms with Gasteiger partial charge >= 0.3 is 0 Å². The SMILES string of the molecule is O=S(=O)(O)COC1CNc2c1ccc1c2ccc2ccccc21. The van der Waals surface area contributed by atoms with Gasteiger partial charge in [-0.05, 0) is 16.2 Å². The van der Waals surface area contributed by atoms with Crippen LogP contribution in [0.4, 0.5) is 5.69 Å². The zero-order chi connectivity index (χ0) is 16.0. The third-order valence-corrected chi connectivity index (χ3v) is 4.62. The van der Waals surface area contributed by atoms with Gasteiger partial charge in [0, 0.05) is 23.2 Å². The lowest BCUT2D eigenvalue weighted by atomic mass is 9.98. The first-order chi connectivity index (χ1) is 11.0. The van der Waals surface area contributed by atoms with Crippen LogP contribution in [0.2, 0.25) is 0 Å². The van der Waals surface area contributed by atoms with Gasteiger partial charge in [0.25, 0.3) is 10.1 Å². The Labute approximate surface area is 133 Å². The summed E-state index contributed by atoms with van der Waals surface area (Å²) < 4.78 is 35.9. The molecule has 0 aromatic heterocycles. The Bertz CT molecular complexity index is 1010. The molecule has 6 heteroatoms. The van der Waals surface area contributed by atoms with Crippen LogP contribution in [0.5, 0.6) is 0 Å². The Morgan fingerprint density at radius 3 is 2.65 bits per heavy atom. The minimum Gasteiger partial charge on any atom is -0.381 e. The highest BCUT2D eigenvalue weighted by Crippen LogP contribution is 2.40. The molecule has 1 aliphatic heterocycles. The maximum Gasteiger partial charge on any atom is 0.289 e. The predicted octanol–water partition coefficient (Wildman–Crippen LogP) is 3.32. The van der Waals surface area contributed by atoms with Crippen LogP contribution in [0.1, 0.15) is 11.7 Å². The third-order valence-electron chi connectivity index (χ3n) is 4.19. The van der Waals surface area contributed by atoms with E-state index in [1.807, 2.05) is 24.3 Å². The van der Waals surface area contributed by atoms with Gasteiger partial charge in [0.2, 0.25) is 0 Å².